The van der Waals surface area contributed by atoms with Crippen LogP contribution >= 0.6 is 0 Å². The standard InChI is InChI=1S/C16H27N3/c1-4-15(17)11-14-6-5-8-18-16(14)19-9-7-12(2)10-13(19)3/h5-6,8,12-13,15H,4,7,9-11,17H2,1-3H3. The van der Waals surface area contributed by atoms with Crippen molar-refractivity contribution in [2.24, 2.45) is 11.7 Å². The fourth-order valence-corrected chi connectivity index (χ4v) is 3.00. The predicted molar refractivity (Wildman–Crippen MR) is 81.4 cm³/mol. The first kappa shape index (κ1) is 14.3. The molecule has 0 saturated carbocycles. The summed E-state index contributed by atoms with van der Waals surface area (Å²) in [7, 11) is 0. The molecule has 0 bridgehead atoms. The molecule has 3 nitrogen and oxygen atoms in total. The van der Waals surface area contributed by atoms with Gasteiger partial charge in [0.15, 0.2) is 0 Å². The Balaban J connectivity index is 2.19. The smallest absolute Gasteiger partial charge is 0.131 e. The lowest BCUT2D eigenvalue weighted by Crippen LogP contribution is -2.41. The van der Waals surface area contributed by atoms with Crippen molar-refractivity contribution in [2.45, 2.75) is 58.5 Å². The molecule has 1 aromatic heterocycles. The maximum atomic E-state index is 6.11. The van der Waals surface area contributed by atoms with E-state index in [1.165, 1.54) is 18.4 Å². The summed E-state index contributed by atoms with van der Waals surface area (Å²) >= 11 is 0. The van der Waals surface area contributed by atoms with Crippen molar-refractivity contribution in [1.82, 2.24) is 4.98 Å². The van der Waals surface area contributed by atoms with Gasteiger partial charge in [0, 0.05) is 24.8 Å². The van der Waals surface area contributed by atoms with Gasteiger partial charge in [-0.1, -0.05) is 19.9 Å². The van der Waals surface area contributed by atoms with E-state index >= 15 is 0 Å². The number of hydrogen-bond donors (Lipinski definition) is 1. The van der Waals surface area contributed by atoms with Crippen LogP contribution in [0, 0.1) is 5.92 Å². The first-order valence-corrected chi connectivity index (χ1v) is 7.58. The maximum absolute atomic E-state index is 6.11. The van der Waals surface area contributed by atoms with E-state index in [2.05, 4.69) is 36.7 Å². The van der Waals surface area contributed by atoms with Gasteiger partial charge in [0.1, 0.15) is 5.82 Å². The lowest BCUT2D eigenvalue weighted by molar-refractivity contribution is 0.375. The van der Waals surface area contributed by atoms with Gasteiger partial charge in [-0.2, -0.15) is 0 Å². The van der Waals surface area contributed by atoms with E-state index in [1.807, 2.05) is 12.3 Å². The predicted octanol–water partition coefficient (Wildman–Crippen LogP) is 2.99. The molecule has 1 aliphatic heterocycles. The Hall–Kier alpha value is -1.09. The Labute approximate surface area is 117 Å². The Bertz CT molecular complexity index is 405. The molecule has 1 aliphatic rings. The van der Waals surface area contributed by atoms with E-state index in [1.54, 1.807) is 0 Å². The van der Waals surface area contributed by atoms with Gasteiger partial charge in [0.2, 0.25) is 0 Å². The van der Waals surface area contributed by atoms with Crippen molar-refractivity contribution in [3.63, 3.8) is 0 Å². The Kier molecular flexibility index (Phi) is 4.81. The summed E-state index contributed by atoms with van der Waals surface area (Å²) in [5.74, 6) is 1.99. The highest BCUT2D eigenvalue weighted by Crippen LogP contribution is 2.29. The van der Waals surface area contributed by atoms with Crippen LogP contribution in [0.1, 0.15) is 45.6 Å². The van der Waals surface area contributed by atoms with E-state index in [0.717, 1.165) is 31.1 Å². The molecule has 0 aliphatic carbocycles. The number of nitrogens with two attached hydrogens (primary N) is 1. The Morgan fingerprint density at radius 1 is 1.47 bits per heavy atom. The summed E-state index contributed by atoms with van der Waals surface area (Å²) in [4.78, 5) is 7.11. The lowest BCUT2D eigenvalue weighted by Gasteiger charge is -2.38. The Morgan fingerprint density at radius 2 is 2.26 bits per heavy atom. The first-order chi connectivity index (χ1) is 9.11. The molecule has 3 atom stereocenters. The highest BCUT2D eigenvalue weighted by Gasteiger charge is 2.25. The largest absolute Gasteiger partial charge is 0.354 e. The highest BCUT2D eigenvalue weighted by molar-refractivity contribution is 5.48. The second-order valence-corrected chi connectivity index (χ2v) is 6.03. The topological polar surface area (TPSA) is 42.1 Å². The quantitative estimate of drug-likeness (QED) is 0.906. The fraction of sp³-hybridized carbons (Fsp3) is 0.688. The fourth-order valence-electron chi connectivity index (χ4n) is 3.00. The summed E-state index contributed by atoms with van der Waals surface area (Å²) in [6.07, 6.45) is 6.37. The van der Waals surface area contributed by atoms with Gasteiger partial charge >= 0.3 is 0 Å². The third-order valence-electron chi connectivity index (χ3n) is 4.28. The first-order valence-electron chi connectivity index (χ1n) is 7.58. The molecule has 19 heavy (non-hydrogen) atoms. The summed E-state index contributed by atoms with van der Waals surface area (Å²) in [5, 5.41) is 0. The molecule has 0 spiro atoms. The monoisotopic (exact) mass is 261 g/mol. The van der Waals surface area contributed by atoms with Gasteiger partial charge in [-0.25, -0.2) is 4.98 Å². The molecule has 0 aromatic carbocycles. The number of hydrogen-bond acceptors (Lipinski definition) is 3. The van der Waals surface area contributed by atoms with Crippen LogP contribution in [0.4, 0.5) is 5.82 Å². The number of nitrogens with zero attached hydrogens (tertiary/aromatic N) is 2. The van der Waals surface area contributed by atoms with E-state index in [9.17, 15) is 0 Å². The number of rotatable bonds is 4. The van der Waals surface area contributed by atoms with Crippen molar-refractivity contribution in [3.8, 4) is 0 Å². The van der Waals surface area contributed by atoms with Crippen LogP contribution < -0.4 is 10.6 Å². The number of aromatic nitrogens is 1. The molecule has 2 rings (SSSR count). The normalized spacial score (nSPS) is 25.4. The van der Waals surface area contributed by atoms with E-state index in [4.69, 9.17) is 5.73 Å². The van der Waals surface area contributed by atoms with Gasteiger partial charge < -0.3 is 10.6 Å². The average Bonchev–Trinajstić information content (AvgIpc) is 2.40. The molecule has 3 heteroatoms. The molecular formula is C16H27N3. The van der Waals surface area contributed by atoms with Gasteiger partial charge in [-0.05, 0) is 50.2 Å². The molecule has 2 heterocycles. The van der Waals surface area contributed by atoms with Gasteiger partial charge in [-0.15, -0.1) is 0 Å². The van der Waals surface area contributed by atoms with E-state index < -0.39 is 0 Å². The zero-order chi connectivity index (χ0) is 13.8. The molecule has 106 valence electrons. The van der Waals surface area contributed by atoms with Crippen LogP contribution in [0.3, 0.4) is 0 Å². The van der Waals surface area contributed by atoms with Gasteiger partial charge in [0.05, 0.1) is 0 Å². The van der Waals surface area contributed by atoms with Crippen molar-refractivity contribution in [2.75, 3.05) is 11.4 Å². The van der Waals surface area contributed by atoms with Crippen LogP contribution in [0.5, 0.6) is 0 Å². The molecule has 1 aromatic rings. The van der Waals surface area contributed by atoms with E-state index in [0.29, 0.717) is 6.04 Å². The van der Waals surface area contributed by atoms with Gasteiger partial charge in [0.25, 0.3) is 0 Å². The van der Waals surface area contributed by atoms with Gasteiger partial charge in [-0.3, -0.25) is 0 Å². The van der Waals surface area contributed by atoms with Crippen molar-refractivity contribution >= 4 is 5.82 Å². The summed E-state index contributed by atoms with van der Waals surface area (Å²) in [6.45, 7) is 7.92. The number of piperidine rings is 1. The van der Waals surface area contributed by atoms with Crippen LogP contribution in [0.15, 0.2) is 18.3 Å². The highest BCUT2D eigenvalue weighted by atomic mass is 15.2. The van der Waals surface area contributed by atoms with Crippen LogP contribution in [-0.2, 0) is 6.42 Å². The molecule has 2 N–H and O–H groups in total. The average molecular weight is 261 g/mol. The minimum Gasteiger partial charge on any atom is -0.354 e. The zero-order valence-electron chi connectivity index (χ0n) is 12.5. The molecule has 0 amide bonds. The van der Waals surface area contributed by atoms with Crippen LogP contribution in [0.25, 0.3) is 0 Å². The number of anilines is 1. The molecule has 0 radical (unpaired) electrons. The second-order valence-electron chi connectivity index (χ2n) is 6.03. The Morgan fingerprint density at radius 3 is 2.95 bits per heavy atom. The molecule has 1 saturated heterocycles. The zero-order valence-corrected chi connectivity index (χ0v) is 12.5. The van der Waals surface area contributed by atoms with Crippen LogP contribution in [0.2, 0.25) is 0 Å². The molecule has 1 fully saturated rings. The third-order valence-corrected chi connectivity index (χ3v) is 4.28. The lowest BCUT2D eigenvalue weighted by atomic mass is 9.92. The minimum absolute atomic E-state index is 0.238. The maximum Gasteiger partial charge on any atom is 0.131 e. The molecular weight excluding hydrogens is 234 g/mol. The summed E-state index contributed by atoms with van der Waals surface area (Å²) in [6, 6.07) is 5.03. The van der Waals surface area contributed by atoms with Crippen molar-refractivity contribution < 1.29 is 0 Å². The second kappa shape index (κ2) is 6.38. The van der Waals surface area contributed by atoms with Crippen molar-refractivity contribution in [1.29, 1.82) is 0 Å². The van der Waals surface area contributed by atoms with E-state index in [-0.39, 0.29) is 6.04 Å². The SMILES string of the molecule is CCC(N)Cc1cccnc1N1CCC(C)CC1C. The summed E-state index contributed by atoms with van der Waals surface area (Å²) < 4.78 is 0. The minimum atomic E-state index is 0.238. The van der Waals surface area contributed by atoms with Crippen molar-refractivity contribution in [3.05, 3.63) is 23.9 Å². The van der Waals surface area contributed by atoms with Crippen LogP contribution in [-0.4, -0.2) is 23.6 Å². The third kappa shape index (κ3) is 3.47. The number of pyridine rings is 1. The molecule has 3 unspecified atom stereocenters. The summed E-state index contributed by atoms with van der Waals surface area (Å²) in [5.41, 5.74) is 7.42.